The summed E-state index contributed by atoms with van der Waals surface area (Å²) in [6, 6.07) is 2.06. The highest BCUT2D eigenvalue weighted by Gasteiger charge is 2.08. The molecule has 0 saturated heterocycles. The van der Waals surface area contributed by atoms with Gasteiger partial charge in [-0.05, 0) is 50.7 Å². The van der Waals surface area contributed by atoms with Crippen molar-refractivity contribution in [3.63, 3.8) is 0 Å². The Morgan fingerprint density at radius 2 is 1.90 bits per heavy atom. The normalized spacial score (nSPS) is 12.7. The lowest BCUT2D eigenvalue weighted by Crippen LogP contribution is -1.97. The minimum Gasteiger partial charge on any atom is -0.464 e. The molecule has 0 spiro atoms. The molecule has 1 heterocycles. The van der Waals surface area contributed by atoms with Gasteiger partial charge < -0.3 is 4.42 Å². The van der Waals surface area contributed by atoms with Gasteiger partial charge in [-0.2, -0.15) is 0 Å². The third-order valence-corrected chi connectivity index (χ3v) is 4.24. The Morgan fingerprint density at radius 1 is 1.14 bits per heavy atom. The number of unbranched alkanes of at least 4 members (excludes halogenated alkanes) is 4. The van der Waals surface area contributed by atoms with Crippen LogP contribution in [-0.2, 0) is 0 Å². The fourth-order valence-electron chi connectivity index (χ4n) is 2.74. The Kier molecular flexibility index (Phi) is 8.89. The minimum absolute atomic E-state index is 0.668. The van der Waals surface area contributed by atoms with Crippen molar-refractivity contribution >= 4 is 12.2 Å². The maximum absolute atomic E-state index is 5.64. The summed E-state index contributed by atoms with van der Waals surface area (Å²) in [5.74, 6) is 1.67. The molecule has 1 aromatic rings. The summed E-state index contributed by atoms with van der Waals surface area (Å²) in [4.78, 5) is 0. The third kappa shape index (κ3) is 6.37. The first kappa shape index (κ1) is 17.8. The van der Waals surface area contributed by atoms with E-state index in [4.69, 9.17) is 4.42 Å². The zero-order chi connectivity index (χ0) is 15.5. The minimum atomic E-state index is 0.668. The summed E-state index contributed by atoms with van der Waals surface area (Å²) < 4.78 is 5.64. The second-order valence-corrected chi connectivity index (χ2v) is 5.89. The van der Waals surface area contributed by atoms with E-state index in [1.807, 2.05) is 0 Å². The van der Waals surface area contributed by atoms with Gasteiger partial charge in [0.1, 0.15) is 5.76 Å². The molecule has 1 nitrogen and oxygen atoms in total. The van der Waals surface area contributed by atoms with Crippen LogP contribution in [0.25, 0.3) is 12.2 Å². The van der Waals surface area contributed by atoms with Crippen molar-refractivity contribution in [1.82, 2.24) is 0 Å². The summed E-state index contributed by atoms with van der Waals surface area (Å²) in [6.45, 7) is 8.98. The number of rotatable bonds is 10. The fourth-order valence-corrected chi connectivity index (χ4v) is 2.74. The third-order valence-electron chi connectivity index (χ3n) is 4.24. The van der Waals surface area contributed by atoms with Crippen LogP contribution in [0.3, 0.4) is 0 Å². The number of hydrogen-bond acceptors (Lipinski definition) is 1. The second kappa shape index (κ2) is 10.5. The molecular weight excluding hydrogens is 256 g/mol. The van der Waals surface area contributed by atoms with Crippen LogP contribution in [0.2, 0.25) is 0 Å². The van der Waals surface area contributed by atoms with Gasteiger partial charge in [-0.15, -0.1) is 0 Å². The Morgan fingerprint density at radius 3 is 2.57 bits per heavy atom. The van der Waals surface area contributed by atoms with Gasteiger partial charge in [-0.3, -0.25) is 0 Å². The Hall–Kier alpha value is -1.24. The van der Waals surface area contributed by atoms with E-state index in [2.05, 4.69) is 52.0 Å². The van der Waals surface area contributed by atoms with Crippen LogP contribution in [0, 0.1) is 5.92 Å². The molecule has 118 valence electrons. The molecule has 1 aromatic heterocycles. The Balaban J connectivity index is 2.60. The van der Waals surface area contributed by atoms with E-state index >= 15 is 0 Å². The van der Waals surface area contributed by atoms with Gasteiger partial charge in [-0.25, -0.2) is 0 Å². The van der Waals surface area contributed by atoms with Crippen molar-refractivity contribution in [3.05, 3.63) is 35.3 Å². The first-order valence-corrected chi connectivity index (χ1v) is 8.65. The molecule has 0 aliphatic carbocycles. The quantitative estimate of drug-likeness (QED) is 0.418. The van der Waals surface area contributed by atoms with E-state index in [1.54, 1.807) is 6.26 Å². The molecule has 0 aliphatic heterocycles. The zero-order valence-electron chi connectivity index (χ0n) is 14.3. The van der Waals surface area contributed by atoms with Crippen molar-refractivity contribution in [2.24, 2.45) is 5.92 Å². The van der Waals surface area contributed by atoms with E-state index in [0.29, 0.717) is 5.92 Å². The molecule has 1 rings (SSSR count). The maximum Gasteiger partial charge on any atom is 0.133 e. The first-order chi connectivity index (χ1) is 10.2. The van der Waals surface area contributed by atoms with E-state index < -0.39 is 0 Å². The standard InChI is InChI=1S/C20H32O/c1-5-8-9-10-11-12-13-19-14-15-21-20(19)16-17(4)18(6-2)7-3/h12-16,18H,5-11H2,1-4H3/b13-12?,17-16-. The largest absolute Gasteiger partial charge is 0.464 e. The van der Waals surface area contributed by atoms with Crippen molar-refractivity contribution < 1.29 is 4.42 Å². The van der Waals surface area contributed by atoms with Gasteiger partial charge >= 0.3 is 0 Å². The molecule has 0 fully saturated rings. The van der Waals surface area contributed by atoms with Crippen molar-refractivity contribution in [1.29, 1.82) is 0 Å². The molecule has 0 aliphatic rings. The van der Waals surface area contributed by atoms with Gasteiger partial charge in [0.15, 0.2) is 0 Å². The monoisotopic (exact) mass is 288 g/mol. The van der Waals surface area contributed by atoms with Gasteiger partial charge in [0.2, 0.25) is 0 Å². The molecule has 0 N–H and O–H groups in total. The maximum atomic E-state index is 5.64. The average Bonchev–Trinajstić information content (AvgIpc) is 2.91. The highest BCUT2D eigenvalue weighted by Crippen LogP contribution is 2.23. The van der Waals surface area contributed by atoms with Crippen molar-refractivity contribution in [2.45, 2.75) is 72.6 Å². The first-order valence-electron chi connectivity index (χ1n) is 8.65. The highest BCUT2D eigenvalue weighted by molar-refractivity contribution is 5.62. The lowest BCUT2D eigenvalue weighted by atomic mass is 9.94. The van der Waals surface area contributed by atoms with Gasteiger partial charge in [0, 0.05) is 5.56 Å². The molecule has 0 bridgehead atoms. The fraction of sp³-hybridized carbons (Fsp3) is 0.600. The lowest BCUT2D eigenvalue weighted by Gasteiger charge is -2.12. The van der Waals surface area contributed by atoms with Crippen LogP contribution in [0.1, 0.15) is 84.0 Å². The Labute approximate surface area is 131 Å². The molecule has 0 saturated carbocycles. The van der Waals surface area contributed by atoms with Gasteiger partial charge in [0.05, 0.1) is 6.26 Å². The molecule has 0 aromatic carbocycles. The average molecular weight is 288 g/mol. The summed E-state index contributed by atoms with van der Waals surface area (Å²) >= 11 is 0. The molecule has 0 atom stereocenters. The van der Waals surface area contributed by atoms with Crippen LogP contribution >= 0.6 is 0 Å². The molecule has 0 amide bonds. The highest BCUT2D eigenvalue weighted by atomic mass is 16.3. The van der Waals surface area contributed by atoms with Crippen LogP contribution in [0.15, 0.2) is 28.4 Å². The SMILES string of the molecule is CCCCCCC=Cc1ccoc1/C=C(/C)C(CC)CC. The number of allylic oxidation sites excluding steroid dienone is 2. The van der Waals surface area contributed by atoms with E-state index in [1.165, 1.54) is 56.1 Å². The topological polar surface area (TPSA) is 13.1 Å². The van der Waals surface area contributed by atoms with E-state index in [-0.39, 0.29) is 0 Å². The summed E-state index contributed by atoms with van der Waals surface area (Å²) in [6.07, 6.45) is 17.3. The smallest absolute Gasteiger partial charge is 0.133 e. The molecular formula is C20H32O. The Bertz CT molecular complexity index is 432. The van der Waals surface area contributed by atoms with Crippen LogP contribution in [-0.4, -0.2) is 0 Å². The van der Waals surface area contributed by atoms with Gasteiger partial charge in [-0.1, -0.05) is 57.8 Å². The lowest BCUT2D eigenvalue weighted by molar-refractivity contribution is 0.548. The molecule has 0 radical (unpaired) electrons. The summed E-state index contributed by atoms with van der Waals surface area (Å²) in [5.41, 5.74) is 2.63. The molecule has 0 unspecified atom stereocenters. The zero-order valence-corrected chi connectivity index (χ0v) is 14.3. The van der Waals surface area contributed by atoms with Crippen LogP contribution < -0.4 is 0 Å². The van der Waals surface area contributed by atoms with Gasteiger partial charge in [0.25, 0.3) is 0 Å². The number of hydrogen-bond donors (Lipinski definition) is 0. The molecule has 21 heavy (non-hydrogen) atoms. The van der Waals surface area contributed by atoms with E-state index in [9.17, 15) is 0 Å². The summed E-state index contributed by atoms with van der Waals surface area (Å²) in [5, 5.41) is 0. The predicted molar refractivity (Wildman–Crippen MR) is 94.2 cm³/mol. The second-order valence-electron chi connectivity index (χ2n) is 5.89. The molecule has 1 heteroatoms. The predicted octanol–water partition coefficient (Wildman–Crippen LogP) is 7.10. The van der Waals surface area contributed by atoms with Crippen LogP contribution in [0.4, 0.5) is 0 Å². The van der Waals surface area contributed by atoms with E-state index in [0.717, 1.165) is 5.76 Å². The van der Waals surface area contributed by atoms with Crippen molar-refractivity contribution in [3.8, 4) is 0 Å². The van der Waals surface area contributed by atoms with Crippen molar-refractivity contribution in [2.75, 3.05) is 0 Å². The van der Waals surface area contributed by atoms with Crippen LogP contribution in [0.5, 0.6) is 0 Å². The summed E-state index contributed by atoms with van der Waals surface area (Å²) in [7, 11) is 0. The number of furan rings is 1.